The van der Waals surface area contributed by atoms with Crippen molar-refractivity contribution in [2.24, 2.45) is 0 Å². The molecule has 0 amide bonds. The molecule has 1 heterocycles. The predicted molar refractivity (Wildman–Crippen MR) is 74.3 cm³/mol. The van der Waals surface area contributed by atoms with E-state index in [1.54, 1.807) is 30.3 Å². The number of fused-ring (bicyclic) bond motifs is 1. The van der Waals surface area contributed by atoms with E-state index in [1.807, 2.05) is 0 Å². The van der Waals surface area contributed by atoms with Crippen molar-refractivity contribution in [2.75, 3.05) is 7.11 Å². The second-order valence-electron chi connectivity index (χ2n) is 4.32. The van der Waals surface area contributed by atoms with Gasteiger partial charge in [-0.1, -0.05) is 12.1 Å². The van der Waals surface area contributed by atoms with Crippen LogP contribution in [-0.2, 0) is 0 Å². The van der Waals surface area contributed by atoms with E-state index in [-0.39, 0.29) is 11.4 Å². The van der Waals surface area contributed by atoms with Gasteiger partial charge in [-0.15, -0.1) is 0 Å². The lowest BCUT2D eigenvalue weighted by molar-refractivity contribution is 0.415. The lowest BCUT2D eigenvalue weighted by Gasteiger charge is -2.06. The number of aromatic nitrogens is 2. The number of nitrogens with one attached hydrogen (secondary N) is 1. The van der Waals surface area contributed by atoms with Gasteiger partial charge in [0, 0.05) is 10.9 Å². The Bertz CT molecular complexity index is 843. The molecule has 0 saturated carbocycles. The van der Waals surface area contributed by atoms with Gasteiger partial charge in [-0.05, 0) is 30.3 Å². The number of ether oxygens (including phenoxy) is 1. The largest absolute Gasteiger partial charge is 0.497 e. The van der Waals surface area contributed by atoms with Crippen molar-refractivity contribution in [1.82, 2.24) is 10.2 Å². The van der Waals surface area contributed by atoms with E-state index in [9.17, 15) is 9.18 Å². The summed E-state index contributed by atoms with van der Waals surface area (Å²) in [5, 5.41) is 7.57. The fourth-order valence-electron chi connectivity index (χ4n) is 2.13. The van der Waals surface area contributed by atoms with E-state index in [4.69, 9.17) is 4.74 Å². The monoisotopic (exact) mass is 270 g/mol. The number of hydrogen-bond donors (Lipinski definition) is 1. The summed E-state index contributed by atoms with van der Waals surface area (Å²) in [5.41, 5.74) is 0.831. The molecule has 0 aliphatic rings. The summed E-state index contributed by atoms with van der Waals surface area (Å²) < 4.78 is 18.4. The van der Waals surface area contributed by atoms with Crippen LogP contribution >= 0.6 is 0 Å². The van der Waals surface area contributed by atoms with Gasteiger partial charge < -0.3 is 4.74 Å². The highest BCUT2D eigenvalue weighted by molar-refractivity contribution is 5.94. The Morgan fingerprint density at radius 3 is 2.75 bits per heavy atom. The van der Waals surface area contributed by atoms with Crippen molar-refractivity contribution in [2.45, 2.75) is 0 Å². The maximum atomic E-state index is 13.3. The van der Waals surface area contributed by atoms with Crippen LogP contribution in [0.5, 0.6) is 5.75 Å². The van der Waals surface area contributed by atoms with Crippen LogP contribution in [0.4, 0.5) is 4.39 Å². The Balaban J connectivity index is 2.32. The number of halogens is 1. The molecule has 0 aliphatic heterocycles. The Hall–Kier alpha value is -2.69. The standard InChI is InChI=1S/C15H11FN2O2/c1-20-11-5-6-12-13(8-11)15(19)18-17-14(12)9-3-2-4-10(16)7-9/h2-8H,1H3,(H,18,19). The third-order valence-electron chi connectivity index (χ3n) is 3.09. The van der Waals surface area contributed by atoms with Gasteiger partial charge in [-0.2, -0.15) is 5.10 Å². The van der Waals surface area contributed by atoms with Crippen molar-refractivity contribution in [1.29, 1.82) is 0 Å². The molecule has 2 aromatic carbocycles. The molecule has 0 aliphatic carbocycles. The van der Waals surface area contributed by atoms with E-state index >= 15 is 0 Å². The minimum Gasteiger partial charge on any atom is -0.497 e. The van der Waals surface area contributed by atoms with Crippen LogP contribution in [0.1, 0.15) is 0 Å². The lowest BCUT2D eigenvalue weighted by atomic mass is 10.0. The Kier molecular flexibility index (Phi) is 2.95. The molecule has 0 unspecified atom stereocenters. The molecule has 3 aromatic rings. The number of methoxy groups -OCH3 is 1. The normalized spacial score (nSPS) is 10.7. The smallest absolute Gasteiger partial charge is 0.272 e. The SMILES string of the molecule is COc1ccc2c(-c3cccc(F)c3)n[nH]c(=O)c2c1. The van der Waals surface area contributed by atoms with Crippen molar-refractivity contribution in [3.05, 3.63) is 58.6 Å². The van der Waals surface area contributed by atoms with Gasteiger partial charge in [0.2, 0.25) is 0 Å². The quantitative estimate of drug-likeness (QED) is 0.779. The highest BCUT2D eigenvalue weighted by Crippen LogP contribution is 2.27. The molecule has 5 heteroatoms. The first-order valence-electron chi connectivity index (χ1n) is 6.01. The van der Waals surface area contributed by atoms with Crippen LogP contribution < -0.4 is 10.3 Å². The van der Waals surface area contributed by atoms with Crippen molar-refractivity contribution in [3.63, 3.8) is 0 Å². The molecule has 0 radical (unpaired) electrons. The minimum absolute atomic E-state index is 0.306. The van der Waals surface area contributed by atoms with Crippen LogP contribution in [0.25, 0.3) is 22.0 Å². The average molecular weight is 270 g/mol. The van der Waals surface area contributed by atoms with Crippen LogP contribution in [0.2, 0.25) is 0 Å². The molecule has 0 saturated heterocycles. The molecule has 0 spiro atoms. The minimum atomic E-state index is -0.350. The molecule has 0 bridgehead atoms. The summed E-state index contributed by atoms with van der Waals surface area (Å²) in [5.74, 6) is 0.233. The Labute approximate surface area is 113 Å². The Morgan fingerprint density at radius 2 is 2.00 bits per heavy atom. The molecule has 0 fully saturated rings. The van der Waals surface area contributed by atoms with E-state index in [2.05, 4.69) is 10.2 Å². The zero-order chi connectivity index (χ0) is 14.1. The van der Waals surface area contributed by atoms with Gasteiger partial charge in [-0.25, -0.2) is 9.49 Å². The summed E-state index contributed by atoms with van der Waals surface area (Å²) in [4.78, 5) is 11.8. The first-order valence-corrected chi connectivity index (χ1v) is 6.01. The first kappa shape index (κ1) is 12.3. The summed E-state index contributed by atoms with van der Waals surface area (Å²) in [6.07, 6.45) is 0. The van der Waals surface area contributed by atoms with Crippen LogP contribution in [0.15, 0.2) is 47.3 Å². The van der Waals surface area contributed by atoms with E-state index in [0.29, 0.717) is 27.8 Å². The topological polar surface area (TPSA) is 55.0 Å². The number of hydrogen-bond acceptors (Lipinski definition) is 3. The number of rotatable bonds is 2. The van der Waals surface area contributed by atoms with Gasteiger partial charge in [0.15, 0.2) is 0 Å². The summed E-state index contributed by atoms with van der Waals surface area (Å²) in [7, 11) is 1.53. The molecule has 3 rings (SSSR count). The molecule has 20 heavy (non-hydrogen) atoms. The highest BCUT2D eigenvalue weighted by atomic mass is 19.1. The average Bonchev–Trinajstić information content (AvgIpc) is 2.47. The molecule has 100 valence electrons. The van der Waals surface area contributed by atoms with Crippen molar-refractivity contribution in [3.8, 4) is 17.0 Å². The van der Waals surface area contributed by atoms with Gasteiger partial charge >= 0.3 is 0 Å². The number of nitrogens with zero attached hydrogens (tertiary/aromatic N) is 1. The van der Waals surface area contributed by atoms with Gasteiger partial charge in [-0.3, -0.25) is 4.79 Å². The zero-order valence-corrected chi connectivity index (χ0v) is 10.7. The maximum Gasteiger partial charge on any atom is 0.272 e. The molecule has 4 nitrogen and oxygen atoms in total. The van der Waals surface area contributed by atoms with Crippen LogP contribution in [0.3, 0.4) is 0 Å². The molecule has 1 aromatic heterocycles. The maximum absolute atomic E-state index is 13.3. The van der Waals surface area contributed by atoms with Crippen molar-refractivity contribution < 1.29 is 9.13 Å². The van der Waals surface area contributed by atoms with Gasteiger partial charge in [0.1, 0.15) is 11.6 Å². The molecular formula is C15H11FN2O2. The Morgan fingerprint density at radius 1 is 1.15 bits per heavy atom. The molecule has 1 N–H and O–H groups in total. The fraction of sp³-hybridized carbons (Fsp3) is 0.0667. The number of H-pyrrole nitrogens is 1. The molecule has 0 atom stereocenters. The van der Waals surface area contributed by atoms with Crippen molar-refractivity contribution >= 4 is 10.8 Å². The second kappa shape index (κ2) is 4.77. The summed E-state index contributed by atoms with van der Waals surface area (Å²) in [6.45, 7) is 0. The zero-order valence-electron chi connectivity index (χ0n) is 10.7. The number of benzene rings is 2. The predicted octanol–water partition coefficient (Wildman–Crippen LogP) is 2.74. The van der Waals surface area contributed by atoms with E-state index < -0.39 is 0 Å². The van der Waals surface area contributed by atoms with E-state index in [1.165, 1.54) is 19.2 Å². The van der Waals surface area contributed by atoms with Gasteiger partial charge in [0.25, 0.3) is 5.56 Å². The summed E-state index contributed by atoms with van der Waals surface area (Å²) in [6, 6.07) is 11.2. The highest BCUT2D eigenvalue weighted by Gasteiger charge is 2.10. The first-order chi connectivity index (χ1) is 9.69. The third kappa shape index (κ3) is 2.03. The molecular weight excluding hydrogens is 259 g/mol. The lowest BCUT2D eigenvalue weighted by Crippen LogP contribution is -2.09. The number of aromatic amines is 1. The van der Waals surface area contributed by atoms with Gasteiger partial charge in [0.05, 0.1) is 18.2 Å². The summed E-state index contributed by atoms with van der Waals surface area (Å²) >= 11 is 0. The van der Waals surface area contributed by atoms with Crippen LogP contribution in [0, 0.1) is 5.82 Å². The van der Waals surface area contributed by atoms with Crippen LogP contribution in [-0.4, -0.2) is 17.3 Å². The third-order valence-corrected chi connectivity index (χ3v) is 3.09. The fourth-order valence-corrected chi connectivity index (χ4v) is 2.13. The second-order valence-corrected chi connectivity index (χ2v) is 4.32. The van der Waals surface area contributed by atoms with E-state index in [0.717, 1.165) is 0 Å².